The van der Waals surface area contributed by atoms with Gasteiger partial charge in [0.05, 0.1) is 12.7 Å². The van der Waals surface area contributed by atoms with Crippen molar-refractivity contribution in [1.29, 1.82) is 0 Å². The van der Waals surface area contributed by atoms with Crippen molar-refractivity contribution >= 4 is 18.6 Å². The molecule has 0 fully saturated rings. The summed E-state index contributed by atoms with van der Waals surface area (Å²) in [7, 11) is -1.97. The largest absolute Gasteiger partial charge is 0.393 e. The molecule has 1 N–H and O–H groups in total. The highest BCUT2D eigenvalue weighted by Gasteiger charge is 2.04. The number of aliphatic hydroxyl groups is 1. The third kappa shape index (κ3) is 8.60. The van der Waals surface area contributed by atoms with Crippen LogP contribution in [0, 0.1) is 5.92 Å². The van der Waals surface area contributed by atoms with E-state index in [1.165, 1.54) is 11.4 Å². The van der Waals surface area contributed by atoms with Crippen LogP contribution in [0.1, 0.15) is 20.8 Å². The summed E-state index contributed by atoms with van der Waals surface area (Å²) in [6, 6.07) is 0. The summed E-state index contributed by atoms with van der Waals surface area (Å²) in [5, 5.41) is 8.88. The molecule has 74 valence electrons. The average molecular weight is 212 g/mol. The van der Waals surface area contributed by atoms with Gasteiger partial charge in [0.15, 0.2) is 0 Å². The number of aliphatic hydroxyl groups excluding tert-OH is 1. The molecule has 12 heavy (non-hydrogen) atoms. The van der Waals surface area contributed by atoms with Crippen molar-refractivity contribution in [2.24, 2.45) is 5.92 Å². The van der Waals surface area contributed by atoms with E-state index in [4.69, 9.17) is 9.63 Å². The van der Waals surface area contributed by atoms with Crippen molar-refractivity contribution in [2.75, 3.05) is 12.4 Å². The van der Waals surface area contributed by atoms with Gasteiger partial charge < -0.3 is 9.63 Å². The summed E-state index contributed by atoms with van der Waals surface area (Å²) < 4.78 is 16.1. The highest BCUT2D eigenvalue weighted by molar-refractivity contribution is 8.50. The highest BCUT2D eigenvalue weighted by Crippen LogP contribution is 2.39. The Morgan fingerprint density at radius 1 is 1.50 bits per heavy atom. The second-order valence-corrected chi connectivity index (χ2v) is 6.39. The molecule has 0 rings (SSSR count). The normalized spacial score (nSPS) is 16.4. The predicted molar refractivity (Wildman–Crippen MR) is 53.9 cm³/mol. The quantitative estimate of drug-likeness (QED) is 0.685. The Hall–Kier alpha value is 0.500. The topological polar surface area (TPSA) is 46.5 Å². The molecule has 0 saturated carbocycles. The van der Waals surface area contributed by atoms with Crippen LogP contribution < -0.4 is 0 Å². The smallest absolute Gasteiger partial charge is 0.246 e. The van der Waals surface area contributed by atoms with Crippen molar-refractivity contribution in [3.63, 3.8) is 0 Å². The molecule has 0 aromatic carbocycles. The summed E-state index contributed by atoms with van der Waals surface area (Å²) in [6.45, 7) is 6.22. The maximum atomic E-state index is 11.1. The summed E-state index contributed by atoms with van der Waals surface area (Å²) >= 11 is 1.20. The lowest BCUT2D eigenvalue weighted by Gasteiger charge is -2.06. The molecule has 0 saturated heterocycles. The lowest BCUT2D eigenvalue weighted by molar-refractivity contribution is 0.220. The summed E-state index contributed by atoms with van der Waals surface area (Å²) in [6.07, 6.45) is -0.411. The first-order chi connectivity index (χ1) is 5.52. The Balaban J connectivity index is 3.34. The zero-order chi connectivity index (χ0) is 9.56. The number of hydrogen-bond acceptors (Lipinski definition) is 4. The van der Waals surface area contributed by atoms with Gasteiger partial charge >= 0.3 is 0 Å². The summed E-state index contributed by atoms with van der Waals surface area (Å²) in [5.74, 6) is 0.890. The van der Waals surface area contributed by atoms with E-state index in [-0.39, 0.29) is 0 Å². The van der Waals surface area contributed by atoms with Crippen molar-refractivity contribution in [1.82, 2.24) is 0 Å². The first-order valence-corrected chi connectivity index (χ1v) is 7.02. The Morgan fingerprint density at radius 2 is 2.08 bits per heavy atom. The third-order valence-corrected chi connectivity index (χ3v) is 3.82. The summed E-state index contributed by atoms with van der Waals surface area (Å²) in [4.78, 5) is 0. The van der Waals surface area contributed by atoms with E-state index in [2.05, 4.69) is 0 Å². The van der Waals surface area contributed by atoms with E-state index >= 15 is 0 Å². The van der Waals surface area contributed by atoms with Gasteiger partial charge in [0, 0.05) is 5.75 Å². The Kier molecular flexibility index (Phi) is 7.25. The van der Waals surface area contributed by atoms with Gasteiger partial charge in [0.25, 0.3) is 0 Å². The van der Waals surface area contributed by atoms with Crippen molar-refractivity contribution in [3.8, 4) is 0 Å². The van der Waals surface area contributed by atoms with Crippen LogP contribution in [0.15, 0.2) is 0 Å². The van der Waals surface area contributed by atoms with Crippen LogP contribution in [0.5, 0.6) is 0 Å². The molecule has 0 aliphatic heterocycles. The van der Waals surface area contributed by atoms with Crippen LogP contribution in [-0.4, -0.2) is 23.6 Å². The van der Waals surface area contributed by atoms with Gasteiger partial charge in [-0.3, -0.25) is 4.57 Å². The number of hydrogen-bond donors (Lipinski definition) is 1. The molecule has 5 heteroatoms. The second kappa shape index (κ2) is 6.96. The molecule has 0 radical (unpaired) electrons. The van der Waals surface area contributed by atoms with E-state index in [1.54, 1.807) is 6.92 Å². The Morgan fingerprint density at radius 3 is 2.50 bits per heavy atom. The molecule has 0 spiro atoms. The van der Waals surface area contributed by atoms with Gasteiger partial charge in [-0.1, -0.05) is 25.2 Å². The summed E-state index contributed by atoms with van der Waals surface area (Å²) in [5.41, 5.74) is 0. The van der Waals surface area contributed by atoms with Gasteiger partial charge in [0.2, 0.25) is 7.23 Å². The standard InChI is InChI=1S/C7H17O3PS/c1-6(2)4-10-11(9)12-5-7(3)8/h6-8,11H,4-5H2,1-3H3. The van der Waals surface area contributed by atoms with Crippen LogP contribution in [-0.2, 0) is 9.09 Å². The number of rotatable bonds is 6. The Bertz CT molecular complexity index is 125. The highest BCUT2D eigenvalue weighted by atomic mass is 32.7. The molecule has 0 aromatic heterocycles. The minimum absolute atomic E-state index is 0.408. The van der Waals surface area contributed by atoms with E-state index in [1.807, 2.05) is 13.8 Å². The van der Waals surface area contributed by atoms with Crippen molar-refractivity contribution < 1.29 is 14.2 Å². The van der Waals surface area contributed by atoms with Gasteiger partial charge in [-0.15, -0.1) is 0 Å². The fraction of sp³-hybridized carbons (Fsp3) is 1.00. The Labute approximate surface area is 78.5 Å². The zero-order valence-electron chi connectivity index (χ0n) is 7.74. The molecular weight excluding hydrogens is 195 g/mol. The van der Waals surface area contributed by atoms with Gasteiger partial charge in [-0.2, -0.15) is 0 Å². The molecule has 2 atom stereocenters. The molecule has 3 nitrogen and oxygen atoms in total. The molecular formula is C7H17O3PS. The third-order valence-electron chi connectivity index (χ3n) is 0.977. The van der Waals surface area contributed by atoms with Gasteiger partial charge in [0.1, 0.15) is 0 Å². The molecule has 0 heterocycles. The van der Waals surface area contributed by atoms with E-state index < -0.39 is 13.3 Å². The SMILES string of the molecule is CC(C)CO[PH](=O)SCC(C)O. The monoisotopic (exact) mass is 212 g/mol. The average Bonchev–Trinajstić information content (AvgIpc) is 1.96. The first kappa shape index (κ1) is 12.5. The van der Waals surface area contributed by atoms with Crippen LogP contribution in [0.25, 0.3) is 0 Å². The molecule has 0 aliphatic rings. The lowest BCUT2D eigenvalue weighted by atomic mass is 10.2. The minimum Gasteiger partial charge on any atom is -0.393 e. The van der Waals surface area contributed by atoms with Crippen molar-refractivity contribution in [2.45, 2.75) is 26.9 Å². The predicted octanol–water partition coefficient (Wildman–Crippen LogP) is 2.16. The lowest BCUT2D eigenvalue weighted by Crippen LogP contribution is -2.01. The van der Waals surface area contributed by atoms with Crippen LogP contribution in [0.3, 0.4) is 0 Å². The fourth-order valence-corrected chi connectivity index (χ4v) is 2.98. The molecule has 0 aromatic rings. The van der Waals surface area contributed by atoms with E-state index in [9.17, 15) is 4.57 Å². The second-order valence-electron chi connectivity index (χ2n) is 3.11. The van der Waals surface area contributed by atoms with E-state index in [0.717, 1.165) is 0 Å². The molecule has 0 aliphatic carbocycles. The van der Waals surface area contributed by atoms with Crippen LogP contribution in [0.2, 0.25) is 0 Å². The first-order valence-electron chi connectivity index (χ1n) is 4.00. The minimum atomic E-state index is -1.97. The van der Waals surface area contributed by atoms with E-state index in [0.29, 0.717) is 18.3 Å². The van der Waals surface area contributed by atoms with Gasteiger partial charge in [-0.25, -0.2) is 0 Å². The molecule has 0 bridgehead atoms. The maximum Gasteiger partial charge on any atom is 0.246 e. The van der Waals surface area contributed by atoms with Crippen LogP contribution >= 0.6 is 18.6 Å². The maximum absolute atomic E-state index is 11.1. The fourth-order valence-electron chi connectivity index (χ4n) is 0.465. The molecule has 0 amide bonds. The van der Waals surface area contributed by atoms with Gasteiger partial charge in [-0.05, 0) is 12.8 Å². The zero-order valence-corrected chi connectivity index (χ0v) is 9.56. The molecule has 2 unspecified atom stereocenters. The van der Waals surface area contributed by atoms with Crippen LogP contribution in [0.4, 0.5) is 0 Å². The van der Waals surface area contributed by atoms with Crippen molar-refractivity contribution in [3.05, 3.63) is 0 Å².